The second kappa shape index (κ2) is 5.00. The van der Waals surface area contributed by atoms with Gasteiger partial charge >= 0.3 is 5.97 Å². The standard InChI is InChI=1S/C13H22O3/c1-5-11(14)16-10-13(8-6-7-9-13)12(2,3)15-4/h5H,1,6-10H2,2-4H3. The fourth-order valence-corrected chi connectivity index (χ4v) is 2.46. The van der Waals surface area contributed by atoms with E-state index in [-0.39, 0.29) is 17.0 Å². The summed E-state index contributed by atoms with van der Waals surface area (Å²) in [4.78, 5) is 11.1. The van der Waals surface area contributed by atoms with Crippen molar-refractivity contribution < 1.29 is 14.3 Å². The molecule has 3 heteroatoms. The van der Waals surface area contributed by atoms with E-state index in [2.05, 4.69) is 20.4 Å². The Bertz CT molecular complexity index is 262. The minimum absolute atomic E-state index is 0.0412. The van der Waals surface area contributed by atoms with Gasteiger partial charge in [-0.3, -0.25) is 0 Å². The summed E-state index contributed by atoms with van der Waals surface area (Å²) in [5, 5.41) is 0. The Labute approximate surface area is 97.8 Å². The highest BCUT2D eigenvalue weighted by molar-refractivity contribution is 5.81. The van der Waals surface area contributed by atoms with Gasteiger partial charge in [0.05, 0.1) is 12.2 Å². The van der Waals surface area contributed by atoms with Crippen LogP contribution in [0.15, 0.2) is 12.7 Å². The van der Waals surface area contributed by atoms with E-state index in [1.54, 1.807) is 7.11 Å². The Kier molecular flexibility index (Phi) is 4.14. The molecule has 0 unspecified atom stereocenters. The summed E-state index contributed by atoms with van der Waals surface area (Å²) >= 11 is 0. The molecule has 0 spiro atoms. The van der Waals surface area contributed by atoms with Crippen molar-refractivity contribution in [2.24, 2.45) is 5.41 Å². The van der Waals surface area contributed by atoms with E-state index in [9.17, 15) is 4.79 Å². The fourth-order valence-electron chi connectivity index (χ4n) is 2.46. The van der Waals surface area contributed by atoms with Gasteiger partial charge in [-0.15, -0.1) is 0 Å². The van der Waals surface area contributed by atoms with Crippen LogP contribution in [0.1, 0.15) is 39.5 Å². The summed E-state index contributed by atoms with van der Waals surface area (Å²) in [5.74, 6) is -0.349. The molecule has 0 radical (unpaired) electrons. The molecule has 0 heterocycles. The predicted octanol–water partition coefficient (Wildman–Crippen LogP) is 2.70. The third-order valence-corrected chi connectivity index (χ3v) is 4.01. The van der Waals surface area contributed by atoms with E-state index in [4.69, 9.17) is 9.47 Å². The van der Waals surface area contributed by atoms with Gasteiger partial charge in [-0.2, -0.15) is 0 Å². The van der Waals surface area contributed by atoms with Gasteiger partial charge in [0, 0.05) is 18.6 Å². The molecule has 0 aromatic rings. The number of hydrogen-bond acceptors (Lipinski definition) is 3. The summed E-state index contributed by atoms with van der Waals surface area (Å²) in [5.41, 5.74) is -0.300. The van der Waals surface area contributed by atoms with Gasteiger partial charge in [0.15, 0.2) is 0 Å². The number of rotatable bonds is 5. The van der Waals surface area contributed by atoms with Crippen LogP contribution in [0.5, 0.6) is 0 Å². The van der Waals surface area contributed by atoms with Crippen LogP contribution in [0.25, 0.3) is 0 Å². The van der Waals surface area contributed by atoms with Crippen molar-refractivity contribution in [3.8, 4) is 0 Å². The molecule has 0 aliphatic heterocycles. The highest BCUT2D eigenvalue weighted by Gasteiger charge is 2.48. The van der Waals surface area contributed by atoms with Crippen LogP contribution in [-0.2, 0) is 14.3 Å². The maximum atomic E-state index is 11.1. The third kappa shape index (κ3) is 2.46. The smallest absolute Gasteiger partial charge is 0.330 e. The molecule has 3 nitrogen and oxygen atoms in total. The molecule has 1 aliphatic carbocycles. The summed E-state index contributed by atoms with van der Waals surface area (Å²) in [6, 6.07) is 0. The van der Waals surface area contributed by atoms with Gasteiger partial charge in [-0.25, -0.2) is 4.79 Å². The SMILES string of the molecule is C=CC(=O)OCC1(C(C)(C)OC)CCCC1. The maximum absolute atomic E-state index is 11.1. The number of ether oxygens (including phenoxy) is 2. The Morgan fingerprint density at radius 1 is 1.44 bits per heavy atom. The zero-order valence-electron chi connectivity index (χ0n) is 10.5. The first-order chi connectivity index (χ1) is 7.47. The molecule has 1 fully saturated rings. The van der Waals surface area contributed by atoms with Crippen LogP contribution in [0.3, 0.4) is 0 Å². The van der Waals surface area contributed by atoms with E-state index < -0.39 is 0 Å². The highest BCUT2D eigenvalue weighted by atomic mass is 16.5. The van der Waals surface area contributed by atoms with Crippen molar-refractivity contribution >= 4 is 5.97 Å². The average Bonchev–Trinajstić information content (AvgIpc) is 2.76. The second-order valence-corrected chi connectivity index (χ2v) is 5.01. The van der Waals surface area contributed by atoms with Crippen LogP contribution in [0, 0.1) is 5.41 Å². The van der Waals surface area contributed by atoms with E-state index in [0.29, 0.717) is 6.61 Å². The minimum Gasteiger partial charge on any atom is -0.462 e. The van der Waals surface area contributed by atoms with Gasteiger partial charge in [-0.1, -0.05) is 19.4 Å². The number of esters is 1. The molecule has 0 saturated heterocycles. The Balaban J connectivity index is 2.73. The Morgan fingerprint density at radius 3 is 2.44 bits per heavy atom. The number of hydrogen-bond donors (Lipinski definition) is 0. The lowest BCUT2D eigenvalue weighted by Gasteiger charge is -2.42. The normalized spacial score (nSPS) is 19.4. The van der Waals surface area contributed by atoms with Crippen LogP contribution in [0.4, 0.5) is 0 Å². The quantitative estimate of drug-likeness (QED) is 0.534. The van der Waals surface area contributed by atoms with Crippen LogP contribution in [0.2, 0.25) is 0 Å². The van der Waals surface area contributed by atoms with Gasteiger partial charge in [-0.05, 0) is 26.7 Å². The lowest BCUT2D eigenvalue weighted by atomic mass is 9.72. The largest absolute Gasteiger partial charge is 0.462 e. The molecule has 92 valence electrons. The monoisotopic (exact) mass is 226 g/mol. The first kappa shape index (κ1) is 13.2. The average molecular weight is 226 g/mol. The number of methoxy groups -OCH3 is 1. The van der Waals surface area contributed by atoms with Crippen LogP contribution < -0.4 is 0 Å². The number of carbonyl (C=O) groups excluding carboxylic acids is 1. The zero-order valence-corrected chi connectivity index (χ0v) is 10.5. The van der Waals surface area contributed by atoms with Gasteiger partial charge in [0.25, 0.3) is 0 Å². The first-order valence-corrected chi connectivity index (χ1v) is 5.82. The molecular weight excluding hydrogens is 204 g/mol. The molecule has 16 heavy (non-hydrogen) atoms. The summed E-state index contributed by atoms with van der Waals surface area (Å²) in [6.07, 6.45) is 5.68. The summed E-state index contributed by atoms with van der Waals surface area (Å²) in [7, 11) is 1.72. The van der Waals surface area contributed by atoms with Crippen molar-refractivity contribution in [2.75, 3.05) is 13.7 Å². The van der Waals surface area contributed by atoms with E-state index >= 15 is 0 Å². The van der Waals surface area contributed by atoms with Crippen molar-refractivity contribution in [1.29, 1.82) is 0 Å². The predicted molar refractivity (Wildman–Crippen MR) is 63.1 cm³/mol. The molecule has 0 aromatic carbocycles. The minimum atomic E-state index is -0.349. The lowest BCUT2D eigenvalue weighted by molar-refractivity contribution is -0.153. The van der Waals surface area contributed by atoms with Crippen molar-refractivity contribution in [3.05, 3.63) is 12.7 Å². The summed E-state index contributed by atoms with van der Waals surface area (Å²) in [6.45, 7) is 7.97. The van der Waals surface area contributed by atoms with E-state index in [0.717, 1.165) is 12.8 Å². The molecule has 1 aliphatic rings. The molecule has 1 saturated carbocycles. The molecule has 0 amide bonds. The van der Waals surface area contributed by atoms with Crippen molar-refractivity contribution in [3.63, 3.8) is 0 Å². The van der Waals surface area contributed by atoms with Crippen LogP contribution in [-0.4, -0.2) is 25.3 Å². The molecule has 0 atom stereocenters. The second-order valence-electron chi connectivity index (χ2n) is 5.01. The van der Waals surface area contributed by atoms with Crippen LogP contribution >= 0.6 is 0 Å². The highest BCUT2D eigenvalue weighted by Crippen LogP contribution is 2.48. The van der Waals surface area contributed by atoms with Gasteiger partial charge < -0.3 is 9.47 Å². The Hall–Kier alpha value is -0.830. The number of carbonyl (C=O) groups is 1. The zero-order chi connectivity index (χ0) is 12.2. The van der Waals surface area contributed by atoms with Gasteiger partial charge in [0.1, 0.15) is 0 Å². The maximum Gasteiger partial charge on any atom is 0.330 e. The van der Waals surface area contributed by atoms with Crippen molar-refractivity contribution in [2.45, 2.75) is 45.1 Å². The fraction of sp³-hybridized carbons (Fsp3) is 0.769. The van der Waals surface area contributed by atoms with Crippen molar-refractivity contribution in [1.82, 2.24) is 0 Å². The third-order valence-electron chi connectivity index (χ3n) is 4.01. The van der Waals surface area contributed by atoms with E-state index in [1.165, 1.54) is 18.9 Å². The molecule has 1 rings (SSSR count). The van der Waals surface area contributed by atoms with Gasteiger partial charge in [0.2, 0.25) is 0 Å². The molecular formula is C13H22O3. The molecule has 0 aromatic heterocycles. The lowest BCUT2D eigenvalue weighted by Crippen LogP contribution is -2.46. The molecule has 0 N–H and O–H groups in total. The summed E-state index contributed by atoms with van der Waals surface area (Å²) < 4.78 is 10.8. The first-order valence-electron chi connectivity index (χ1n) is 5.82. The topological polar surface area (TPSA) is 35.5 Å². The molecule has 0 bridgehead atoms. The van der Waals surface area contributed by atoms with E-state index in [1.807, 2.05) is 0 Å². The Morgan fingerprint density at radius 2 is 2.00 bits per heavy atom.